The van der Waals surface area contributed by atoms with Crippen molar-refractivity contribution < 1.29 is 9.53 Å². The highest BCUT2D eigenvalue weighted by Gasteiger charge is 2.23. The number of benzene rings is 2. The molecule has 0 N–H and O–H groups in total. The third-order valence-electron chi connectivity index (χ3n) is 4.39. The number of ether oxygens (including phenoxy) is 1. The van der Waals surface area contributed by atoms with Crippen molar-refractivity contribution in [2.75, 3.05) is 20.7 Å². The van der Waals surface area contributed by atoms with Gasteiger partial charge in [0.15, 0.2) is 0 Å². The van der Waals surface area contributed by atoms with Crippen molar-refractivity contribution in [1.29, 1.82) is 0 Å². The van der Waals surface area contributed by atoms with Crippen molar-refractivity contribution >= 4 is 47.7 Å². The Morgan fingerprint density at radius 1 is 1.11 bits per heavy atom. The van der Waals surface area contributed by atoms with Crippen molar-refractivity contribution in [3.05, 3.63) is 75.8 Å². The van der Waals surface area contributed by atoms with Crippen molar-refractivity contribution in [2.24, 2.45) is 0 Å². The molecule has 0 saturated heterocycles. The molecule has 27 heavy (non-hydrogen) atoms. The molecule has 2 unspecified atom stereocenters. The van der Waals surface area contributed by atoms with E-state index in [1.165, 1.54) is 6.08 Å². The molecular weight excluding hydrogens is 405 g/mol. The van der Waals surface area contributed by atoms with Gasteiger partial charge in [0.05, 0.1) is 16.7 Å². The maximum Gasteiger partial charge on any atom is 0.330 e. The molecule has 0 aliphatic heterocycles. The third kappa shape index (κ3) is 7.19. The summed E-state index contributed by atoms with van der Waals surface area (Å²) < 4.78 is 5.49. The average molecular weight is 429 g/mol. The first-order valence-electron chi connectivity index (χ1n) is 8.39. The predicted molar refractivity (Wildman–Crippen MR) is 116 cm³/mol. The second-order valence-electron chi connectivity index (χ2n) is 6.36. The SMILES string of the molecule is CC(C(COC(=O)/C=C/c1ccccc1)c1ccc(Cl)c(Cl)c1)N(C)C.Cl. The summed E-state index contributed by atoms with van der Waals surface area (Å²) in [5, 5.41) is 1.00. The Labute approximate surface area is 177 Å². The number of hydrogen-bond acceptors (Lipinski definition) is 3. The van der Waals surface area contributed by atoms with Gasteiger partial charge in [-0.2, -0.15) is 0 Å². The predicted octanol–water partition coefficient (Wildman–Crippen LogP) is 5.71. The van der Waals surface area contributed by atoms with Crippen molar-refractivity contribution in [2.45, 2.75) is 18.9 Å². The summed E-state index contributed by atoms with van der Waals surface area (Å²) in [7, 11) is 3.98. The van der Waals surface area contributed by atoms with Crippen LogP contribution in [0.2, 0.25) is 10.0 Å². The van der Waals surface area contributed by atoms with Gasteiger partial charge in [-0.3, -0.25) is 0 Å². The topological polar surface area (TPSA) is 29.5 Å². The van der Waals surface area contributed by atoms with E-state index in [4.69, 9.17) is 27.9 Å². The zero-order valence-electron chi connectivity index (χ0n) is 15.6. The molecule has 6 heteroatoms. The quantitative estimate of drug-likeness (QED) is 0.418. The Morgan fingerprint density at radius 2 is 1.78 bits per heavy atom. The first-order chi connectivity index (χ1) is 12.4. The van der Waals surface area contributed by atoms with E-state index in [1.807, 2.05) is 56.6 Å². The van der Waals surface area contributed by atoms with Crippen LogP contribution in [-0.2, 0) is 9.53 Å². The lowest BCUT2D eigenvalue weighted by atomic mass is 9.92. The molecule has 3 nitrogen and oxygen atoms in total. The van der Waals surface area contributed by atoms with Crippen LogP contribution >= 0.6 is 35.6 Å². The highest BCUT2D eigenvalue weighted by atomic mass is 35.5. The van der Waals surface area contributed by atoms with Gasteiger partial charge in [-0.25, -0.2) is 4.79 Å². The Bertz CT molecular complexity index is 763. The standard InChI is InChI=1S/C21H23Cl2NO2.ClH/c1-15(24(2)3)18(17-10-11-19(22)20(23)13-17)14-26-21(25)12-9-16-7-5-4-6-8-16;/h4-13,15,18H,14H2,1-3H3;1H/b12-9+;. The van der Waals surface area contributed by atoms with Crippen LogP contribution in [0, 0.1) is 0 Å². The van der Waals surface area contributed by atoms with Gasteiger partial charge < -0.3 is 9.64 Å². The molecule has 2 aromatic carbocycles. The van der Waals surface area contributed by atoms with Gasteiger partial charge in [-0.1, -0.05) is 59.6 Å². The minimum atomic E-state index is -0.370. The van der Waals surface area contributed by atoms with E-state index >= 15 is 0 Å². The van der Waals surface area contributed by atoms with Gasteiger partial charge in [-0.15, -0.1) is 12.4 Å². The van der Waals surface area contributed by atoms with E-state index in [0.717, 1.165) is 11.1 Å². The Balaban J connectivity index is 0.00000364. The summed E-state index contributed by atoms with van der Waals surface area (Å²) in [4.78, 5) is 14.2. The second-order valence-corrected chi connectivity index (χ2v) is 7.17. The minimum absolute atomic E-state index is 0. The van der Waals surface area contributed by atoms with Crippen molar-refractivity contribution in [1.82, 2.24) is 4.90 Å². The van der Waals surface area contributed by atoms with Crippen LogP contribution in [0.5, 0.6) is 0 Å². The highest BCUT2D eigenvalue weighted by Crippen LogP contribution is 2.29. The van der Waals surface area contributed by atoms with Gasteiger partial charge >= 0.3 is 5.97 Å². The summed E-state index contributed by atoms with van der Waals surface area (Å²) >= 11 is 12.2. The van der Waals surface area contributed by atoms with Crippen LogP contribution in [0.4, 0.5) is 0 Å². The molecule has 0 heterocycles. The molecule has 0 fully saturated rings. The Hall–Kier alpha value is -1.52. The second kappa shape index (κ2) is 11.4. The van der Waals surface area contributed by atoms with E-state index < -0.39 is 0 Å². The lowest BCUT2D eigenvalue weighted by molar-refractivity contribution is -0.138. The summed E-state index contributed by atoms with van der Waals surface area (Å²) in [5.74, 6) is -0.390. The van der Waals surface area contributed by atoms with E-state index in [2.05, 4.69) is 11.8 Å². The van der Waals surface area contributed by atoms with Crippen LogP contribution < -0.4 is 0 Å². The molecule has 0 aliphatic carbocycles. The smallest absolute Gasteiger partial charge is 0.330 e. The lowest BCUT2D eigenvalue weighted by Gasteiger charge is -2.29. The van der Waals surface area contributed by atoms with E-state index in [9.17, 15) is 4.79 Å². The summed E-state index contributed by atoms with van der Waals surface area (Å²) in [5.41, 5.74) is 1.94. The fraction of sp³-hybridized carbons (Fsp3) is 0.286. The van der Waals surface area contributed by atoms with Crippen LogP contribution in [0.3, 0.4) is 0 Å². The monoisotopic (exact) mass is 427 g/mol. The fourth-order valence-electron chi connectivity index (χ4n) is 2.57. The number of halogens is 3. The van der Waals surface area contributed by atoms with Crippen LogP contribution in [0.15, 0.2) is 54.6 Å². The van der Waals surface area contributed by atoms with Crippen LogP contribution in [0.1, 0.15) is 24.0 Å². The average Bonchev–Trinajstić information content (AvgIpc) is 2.63. The minimum Gasteiger partial charge on any atom is -0.462 e. The van der Waals surface area contributed by atoms with Gasteiger partial charge in [0.2, 0.25) is 0 Å². The van der Waals surface area contributed by atoms with E-state index in [0.29, 0.717) is 10.0 Å². The first kappa shape index (κ1) is 23.5. The summed E-state index contributed by atoms with van der Waals surface area (Å²) in [6, 6.07) is 15.3. The van der Waals surface area contributed by atoms with Crippen LogP contribution in [0.25, 0.3) is 6.08 Å². The maximum absolute atomic E-state index is 12.1. The number of hydrogen-bond donors (Lipinski definition) is 0. The molecule has 2 atom stereocenters. The molecule has 146 valence electrons. The lowest BCUT2D eigenvalue weighted by Crippen LogP contribution is -2.34. The zero-order chi connectivity index (χ0) is 19.1. The normalized spacial score (nSPS) is 13.3. The molecule has 2 aromatic rings. The molecule has 0 spiro atoms. The molecule has 0 aromatic heterocycles. The van der Waals surface area contributed by atoms with E-state index in [1.54, 1.807) is 12.1 Å². The summed E-state index contributed by atoms with van der Waals surface area (Å²) in [6.07, 6.45) is 3.19. The molecule has 2 rings (SSSR count). The first-order valence-corrected chi connectivity index (χ1v) is 9.15. The molecule has 0 radical (unpaired) electrons. The van der Waals surface area contributed by atoms with Crippen LogP contribution in [-0.4, -0.2) is 37.6 Å². The number of carbonyl (C=O) groups is 1. The Morgan fingerprint density at radius 3 is 2.37 bits per heavy atom. The third-order valence-corrected chi connectivity index (χ3v) is 5.12. The number of carbonyl (C=O) groups excluding carboxylic acids is 1. The molecule has 0 amide bonds. The fourth-order valence-corrected chi connectivity index (χ4v) is 2.87. The number of likely N-dealkylation sites (N-methyl/N-ethyl adjacent to an activating group) is 1. The van der Waals surface area contributed by atoms with Crippen molar-refractivity contribution in [3.63, 3.8) is 0 Å². The van der Waals surface area contributed by atoms with Gasteiger partial charge in [0, 0.05) is 18.0 Å². The molecule has 0 saturated carbocycles. The molecular formula is C21H24Cl3NO2. The van der Waals surface area contributed by atoms with Gasteiger partial charge in [0.1, 0.15) is 0 Å². The highest BCUT2D eigenvalue weighted by molar-refractivity contribution is 6.42. The summed E-state index contributed by atoms with van der Waals surface area (Å²) in [6.45, 7) is 2.34. The van der Waals surface area contributed by atoms with E-state index in [-0.39, 0.29) is 36.9 Å². The molecule has 0 bridgehead atoms. The molecule has 0 aliphatic rings. The maximum atomic E-state index is 12.1. The number of nitrogens with zero attached hydrogens (tertiary/aromatic N) is 1. The largest absolute Gasteiger partial charge is 0.462 e. The van der Waals surface area contributed by atoms with Gasteiger partial charge in [0.25, 0.3) is 0 Å². The Kier molecular flexibility index (Phi) is 9.89. The number of rotatable bonds is 7. The van der Waals surface area contributed by atoms with Crippen molar-refractivity contribution in [3.8, 4) is 0 Å². The zero-order valence-corrected chi connectivity index (χ0v) is 17.9. The number of esters is 1. The van der Waals surface area contributed by atoms with Gasteiger partial charge in [-0.05, 0) is 50.4 Å².